The van der Waals surface area contributed by atoms with Gasteiger partial charge < -0.3 is 10.1 Å². The zero-order valence-corrected chi connectivity index (χ0v) is 14.0. The first-order chi connectivity index (χ1) is 10.1. The number of hydrogen-bond donors (Lipinski definition) is 1. The summed E-state index contributed by atoms with van der Waals surface area (Å²) in [6, 6.07) is 6.33. The molecule has 1 heterocycles. The highest BCUT2D eigenvalue weighted by Crippen LogP contribution is 2.30. The molecule has 0 radical (unpaired) electrons. The van der Waals surface area contributed by atoms with Crippen LogP contribution in [0.25, 0.3) is 0 Å². The van der Waals surface area contributed by atoms with Crippen LogP contribution in [0.3, 0.4) is 0 Å². The molecule has 0 saturated heterocycles. The van der Waals surface area contributed by atoms with Crippen LogP contribution in [0.2, 0.25) is 0 Å². The molecule has 0 fully saturated rings. The van der Waals surface area contributed by atoms with E-state index in [1.165, 1.54) is 16.9 Å². The van der Waals surface area contributed by atoms with Crippen LogP contribution in [0, 0.1) is 6.92 Å². The van der Waals surface area contributed by atoms with Crippen molar-refractivity contribution in [2.75, 3.05) is 6.54 Å². The molecule has 0 aliphatic carbocycles. The summed E-state index contributed by atoms with van der Waals surface area (Å²) in [5.74, 6) is 1.35. The summed E-state index contributed by atoms with van der Waals surface area (Å²) >= 11 is 1.49. The number of aromatic nitrogens is 2. The minimum Gasteiger partial charge on any atom is -0.430 e. The maximum atomic E-state index is 5.90. The van der Waals surface area contributed by atoms with Gasteiger partial charge in [-0.2, -0.15) is 0 Å². The number of benzene rings is 1. The van der Waals surface area contributed by atoms with E-state index >= 15 is 0 Å². The van der Waals surface area contributed by atoms with Gasteiger partial charge in [0.15, 0.2) is 0 Å². The molecule has 5 heteroatoms. The molecule has 0 atom stereocenters. The van der Waals surface area contributed by atoms with Gasteiger partial charge in [-0.1, -0.05) is 49.3 Å². The molecule has 21 heavy (non-hydrogen) atoms. The number of rotatable bonds is 7. The molecule has 0 spiro atoms. The largest absolute Gasteiger partial charge is 0.430 e. The molecule has 1 N–H and O–H groups in total. The number of hydrogen-bond acceptors (Lipinski definition) is 5. The lowest BCUT2D eigenvalue weighted by atomic mass is 10.0. The minimum absolute atomic E-state index is 0.483. The molecular formula is C16H23N3OS. The molecular weight excluding hydrogens is 282 g/mol. The smallest absolute Gasteiger partial charge is 0.299 e. The zero-order chi connectivity index (χ0) is 15.2. The van der Waals surface area contributed by atoms with Crippen molar-refractivity contribution in [1.82, 2.24) is 15.5 Å². The average molecular weight is 305 g/mol. The van der Waals surface area contributed by atoms with Crippen LogP contribution in [-0.2, 0) is 6.54 Å². The van der Waals surface area contributed by atoms with Crippen LogP contribution in [0.1, 0.15) is 49.2 Å². The number of aryl methyl sites for hydroxylation is 1. The number of nitrogens with zero attached hydrogens (tertiary/aromatic N) is 2. The Bertz CT molecular complexity index is 581. The summed E-state index contributed by atoms with van der Waals surface area (Å²) < 4.78 is 5.90. The van der Waals surface area contributed by atoms with E-state index in [1.807, 2.05) is 6.92 Å². The van der Waals surface area contributed by atoms with Crippen LogP contribution in [-0.4, -0.2) is 16.7 Å². The van der Waals surface area contributed by atoms with Gasteiger partial charge in [0.25, 0.3) is 5.19 Å². The number of ether oxygens (including phenoxy) is 1. The lowest BCUT2D eigenvalue weighted by Crippen LogP contribution is -2.13. The quantitative estimate of drug-likeness (QED) is 0.776. The Kier molecular flexibility index (Phi) is 5.70. The predicted molar refractivity (Wildman–Crippen MR) is 87.2 cm³/mol. The topological polar surface area (TPSA) is 47.0 Å². The molecule has 0 amide bonds. The first-order valence-corrected chi connectivity index (χ1v) is 8.23. The van der Waals surface area contributed by atoms with Gasteiger partial charge in [-0.25, -0.2) is 0 Å². The second-order valence-corrected chi connectivity index (χ2v) is 6.44. The van der Waals surface area contributed by atoms with E-state index in [0.717, 1.165) is 35.8 Å². The van der Waals surface area contributed by atoms with Gasteiger partial charge in [-0.05, 0) is 43.0 Å². The minimum atomic E-state index is 0.483. The molecule has 2 rings (SSSR count). The zero-order valence-electron chi connectivity index (χ0n) is 13.1. The SMILES string of the molecule is CCCNCc1nnc(Oc2cc(C(C)C)ccc2C)s1. The van der Waals surface area contributed by atoms with E-state index in [-0.39, 0.29) is 0 Å². The molecule has 2 aromatic rings. The maximum Gasteiger partial charge on any atom is 0.299 e. The number of nitrogens with one attached hydrogen (secondary N) is 1. The molecule has 0 aliphatic rings. The first kappa shape index (κ1) is 15.9. The van der Waals surface area contributed by atoms with Crippen molar-refractivity contribution in [3.8, 4) is 10.9 Å². The van der Waals surface area contributed by atoms with Gasteiger partial charge in [0, 0.05) is 6.54 Å². The van der Waals surface area contributed by atoms with E-state index in [4.69, 9.17) is 4.74 Å². The maximum absolute atomic E-state index is 5.90. The van der Waals surface area contributed by atoms with E-state index < -0.39 is 0 Å². The summed E-state index contributed by atoms with van der Waals surface area (Å²) in [7, 11) is 0. The predicted octanol–water partition coefficient (Wildman–Crippen LogP) is 4.26. The monoisotopic (exact) mass is 305 g/mol. The lowest BCUT2D eigenvalue weighted by molar-refractivity contribution is 0.468. The van der Waals surface area contributed by atoms with Gasteiger partial charge in [0.05, 0.1) is 0 Å². The Morgan fingerprint density at radius 3 is 2.81 bits per heavy atom. The lowest BCUT2D eigenvalue weighted by Gasteiger charge is -2.10. The highest BCUT2D eigenvalue weighted by atomic mass is 32.1. The van der Waals surface area contributed by atoms with E-state index in [1.54, 1.807) is 0 Å². The fourth-order valence-corrected chi connectivity index (χ4v) is 2.57. The van der Waals surface area contributed by atoms with Gasteiger partial charge in [-0.15, -0.1) is 5.10 Å². The van der Waals surface area contributed by atoms with Crippen molar-refractivity contribution in [2.45, 2.75) is 46.6 Å². The van der Waals surface area contributed by atoms with E-state index in [9.17, 15) is 0 Å². The van der Waals surface area contributed by atoms with E-state index in [2.05, 4.69) is 54.5 Å². The van der Waals surface area contributed by atoms with Gasteiger partial charge >= 0.3 is 0 Å². The third kappa shape index (κ3) is 4.51. The molecule has 1 aromatic heterocycles. The Balaban J connectivity index is 2.06. The first-order valence-electron chi connectivity index (χ1n) is 7.41. The third-order valence-corrected chi connectivity index (χ3v) is 4.03. The van der Waals surface area contributed by atoms with E-state index in [0.29, 0.717) is 11.1 Å². The van der Waals surface area contributed by atoms with Crippen molar-refractivity contribution in [2.24, 2.45) is 0 Å². The Hall–Kier alpha value is -1.46. The van der Waals surface area contributed by atoms with Gasteiger partial charge in [-0.3, -0.25) is 0 Å². The molecule has 4 nitrogen and oxygen atoms in total. The Morgan fingerprint density at radius 1 is 1.29 bits per heavy atom. The van der Waals surface area contributed by atoms with Crippen molar-refractivity contribution >= 4 is 11.3 Å². The Labute approximate surface area is 130 Å². The van der Waals surface area contributed by atoms with Gasteiger partial charge in [0.1, 0.15) is 10.8 Å². The fourth-order valence-electron chi connectivity index (χ4n) is 1.90. The van der Waals surface area contributed by atoms with Crippen LogP contribution in [0.4, 0.5) is 0 Å². The molecule has 0 aliphatic heterocycles. The van der Waals surface area contributed by atoms with Crippen LogP contribution in [0.15, 0.2) is 18.2 Å². The average Bonchev–Trinajstić information content (AvgIpc) is 2.89. The van der Waals surface area contributed by atoms with Gasteiger partial charge in [0.2, 0.25) is 0 Å². The third-order valence-electron chi connectivity index (χ3n) is 3.23. The standard InChI is InChI=1S/C16H23N3OS/c1-5-8-17-10-15-18-19-16(21-15)20-14-9-13(11(2)3)7-6-12(14)4/h6-7,9,11,17H,5,8,10H2,1-4H3. The van der Waals surface area contributed by atoms with Crippen molar-refractivity contribution in [1.29, 1.82) is 0 Å². The summed E-state index contributed by atoms with van der Waals surface area (Å²) in [5.41, 5.74) is 2.38. The van der Waals surface area contributed by atoms with Crippen LogP contribution < -0.4 is 10.1 Å². The highest BCUT2D eigenvalue weighted by molar-refractivity contribution is 7.13. The van der Waals surface area contributed by atoms with Crippen LogP contribution in [0.5, 0.6) is 10.9 Å². The normalized spacial score (nSPS) is 11.1. The molecule has 114 valence electrons. The summed E-state index contributed by atoms with van der Waals surface area (Å²) in [6.45, 7) is 10.3. The van der Waals surface area contributed by atoms with Crippen molar-refractivity contribution in [3.05, 3.63) is 34.3 Å². The molecule has 1 aromatic carbocycles. The second-order valence-electron chi connectivity index (χ2n) is 5.42. The molecule has 0 saturated carbocycles. The van der Waals surface area contributed by atoms with Crippen LogP contribution >= 0.6 is 11.3 Å². The summed E-state index contributed by atoms with van der Waals surface area (Å²) in [6.07, 6.45) is 1.11. The van der Waals surface area contributed by atoms with Crippen molar-refractivity contribution in [3.63, 3.8) is 0 Å². The Morgan fingerprint density at radius 2 is 2.10 bits per heavy atom. The second kappa shape index (κ2) is 7.52. The fraction of sp³-hybridized carbons (Fsp3) is 0.500. The molecule has 0 bridgehead atoms. The summed E-state index contributed by atoms with van der Waals surface area (Å²) in [4.78, 5) is 0. The summed E-state index contributed by atoms with van der Waals surface area (Å²) in [5, 5.41) is 13.1. The van der Waals surface area contributed by atoms with Crippen molar-refractivity contribution < 1.29 is 4.74 Å². The molecule has 0 unspecified atom stereocenters. The highest BCUT2D eigenvalue weighted by Gasteiger charge is 2.10.